The largest absolute Gasteiger partial charge is 0.319 e. The first kappa shape index (κ1) is 15.8. The quantitative estimate of drug-likeness (QED) is 0.927. The maximum atomic E-state index is 12.7. The molecule has 1 fully saturated rings. The number of nitrogens with one attached hydrogen (secondary N) is 1. The van der Waals surface area contributed by atoms with Gasteiger partial charge in [-0.25, -0.2) is 8.42 Å². The lowest BCUT2D eigenvalue weighted by molar-refractivity contribution is 0.263. The van der Waals surface area contributed by atoms with Crippen molar-refractivity contribution in [2.45, 2.75) is 24.7 Å². The number of hydrogen-bond donors (Lipinski definition) is 1. The van der Waals surface area contributed by atoms with Crippen molar-refractivity contribution in [2.24, 2.45) is 5.92 Å². The third-order valence-electron chi connectivity index (χ3n) is 3.73. The number of hydrogen-bond acceptors (Lipinski definition) is 3. The Bertz CT molecular complexity index is 573. The summed E-state index contributed by atoms with van der Waals surface area (Å²) in [6.45, 7) is 3.83. The Balaban J connectivity index is 2.25. The van der Waals surface area contributed by atoms with Crippen LogP contribution in [0.5, 0.6) is 0 Å². The Kier molecular flexibility index (Phi) is 5.07. The fraction of sp³-hybridized carbons (Fsp3) is 0.571. The molecule has 1 aliphatic heterocycles. The van der Waals surface area contributed by atoms with Crippen LogP contribution in [0.4, 0.5) is 0 Å². The van der Waals surface area contributed by atoms with Gasteiger partial charge in [-0.1, -0.05) is 11.6 Å². The lowest BCUT2D eigenvalue weighted by Crippen LogP contribution is -2.42. The maximum Gasteiger partial charge on any atom is 0.243 e. The summed E-state index contributed by atoms with van der Waals surface area (Å²) >= 11 is 5.90. The first-order valence-corrected chi connectivity index (χ1v) is 8.68. The summed E-state index contributed by atoms with van der Waals surface area (Å²) in [5, 5.41) is 3.69. The number of nitrogens with zero attached hydrogens (tertiary/aromatic N) is 1. The molecule has 0 radical (unpaired) electrons. The predicted octanol–water partition coefficient (Wildman–Crippen LogP) is 2.27. The van der Waals surface area contributed by atoms with Crippen LogP contribution in [0.2, 0.25) is 5.02 Å². The zero-order valence-corrected chi connectivity index (χ0v) is 13.5. The molecule has 1 atom stereocenters. The lowest BCUT2D eigenvalue weighted by atomic mass is 10.00. The van der Waals surface area contributed by atoms with Gasteiger partial charge in [-0.05, 0) is 63.0 Å². The van der Waals surface area contributed by atoms with Crippen LogP contribution in [0.15, 0.2) is 23.1 Å². The van der Waals surface area contributed by atoms with E-state index < -0.39 is 10.0 Å². The minimum atomic E-state index is -3.41. The number of rotatable bonds is 4. The molecular formula is C14H21ClN2O2S. The monoisotopic (exact) mass is 316 g/mol. The molecule has 4 nitrogen and oxygen atoms in total. The van der Waals surface area contributed by atoms with Gasteiger partial charge in [0.1, 0.15) is 0 Å². The number of aryl methyl sites for hydroxylation is 1. The van der Waals surface area contributed by atoms with Crippen molar-refractivity contribution in [1.82, 2.24) is 9.62 Å². The molecule has 0 bridgehead atoms. The predicted molar refractivity (Wildman–Crippen MR) is 81.6 cm³/mol. The highest BCUT2D eigenvalue weighted by molar-refractivity contribution is 7.89. The SMILES string of the molecule is CNC[C@H]1CCCN(S(=O)(=O)c2ccc(Cl)cc2C)C1. The number of halogens is 1. The zero-order chi connectivity index (χ0) is 14.8. The summed E-state index contributed by atoms with van der Waals surface area (Å²) in [6.07, 6.45) is 1.99. The van der Waals surface area contributed by atoms with Crippen LogP contribution in [-0.2, 0) is 10.0 Å². The van der Waals surface area contributed by atoms with Gasteiger partial charge >= 0.3 is 0 Å². The van der Waals surface area contributed by atoms with Crippen LogP contribution in [-0.4, -0.2) is 39.4 Å². The molecule has 2 rings (SSSR count). The highest BCUT2D eigenvalue weighted by atomic mass is 35.5. The van der Waals surface area contributed by atoms with Crippen molar-refractivity contribution < 1.29 is 8.42 Å². The molecule has 1 aliphatic rings. The normalized spacial score (nSPS) is 21.1. The summed E-state index contributed by atoms with van der Waals surface area (Å²) < 4.78 is 27.1. The van der Waals surface area contributed by atoms with E-state index in [1.165, 1.54) is 0 Å². The Morgan fingerprint density at radius 1 is 1.45 bits per heavy atom. The van der Waals surface area contributed by atoms with E-state index >= 15 is 0 Å². The average Bonchev–Trinajstić information content (AvgIpc) is 2.39. The van der Waals surface area contributed by atoms with Crippen molar-refractivity contribution in [3.05, 3.63) is 28.8 Å². The van der Waals surface area contributed by atoms with Gasteiger partial charge in [-0.15, -0.1) is 0 Å². The third kappa shape index (κ3) is 3.34. The van der Waals surface area contributed by atoms with Gasteiger partial charge in [0.05, 0.1) is 4.90 Å². The van der Waals surface area contributed by atoms with Crippen LogP contribution >= 0.6 is 11.6 Å². The second kappa shape index (κ2) is 6.43. The van der Waals surface area contributed by atoms with Gasteiger partial charge in [0.2, 0.25) is 10.0 Å². The van der Waals surface area contributed by atoms with Gasteiger partial charge in [0.15, 0.2) is 0 Å². The zero-order valence-electron chi connectivity index (χ0n) is 11.9. The highest BCUT2D eigenvalue weighted by Crippen LogP contribution is 2.26. The van der Waals surface area contributed by atoms with Crippen LogP contribution in [0.3, 0.4) is 0 Å². The molecule has 0 aromatic heterocycles. The molecular weight excluding hydrogens is 296 g/mol. The second-order valence-corrected chi connectivity index (χ2v) is 7.68. The molecule has 1 saturated heterocycles. The highest BCUT2D eigenvalue weighted by Gasteiger charge is 2.30. The number of benzene rings is 1. The van der Waals surface area contributed by atoms with E-state index in [0.717, 1.165) is 19.4 Å². The van der Waals surface area contributed by atoms with E-state index in [-0.39, 0.29) is 0 Å². The summed E-state index contributed by atoms with van der Waals surface area (Å²) in [6, 6.07) is 4.94. The maximum absolute atomic E-state index is 12.7. The minimum absolute atomic E-state index is 0.368. The lowest BCUT2D eigenvalue weighted by Gasteiger charge is -2.32. The third-order valence-corrected chi connectivity index (χ3v) is 5.99. The van der Waals surface area contributed by atoms with E-state index in [0.29, 0.717) is 34.5 Å². The molecule has 0 unspecified atom stereocenters. The minimum Gasteiger partial charge on any atom is -0.319 e. The first-order chi connectivity index (χ1) is 9.45. The average molecular weight is 317 g/mol. The molecule has 6 heteroatoms. The molecule has 1 aromatic carbocycles. The van der Waals surface area contributed by atoms with Crippen molar-refractivity contribution >= 4 is 21.6 Å². The molecule has 1 aromatic rings. The Labute approximate surface area is 126 Å². The molecule has 0 spiro atoms. The summed E-state index contributed by atoms with van der Waals surface area (Å²) in [4.78, 5) is 0.368. The molecule has 112 valence electrons. The van der Waals surface area contributed by atoms with E-state index in [1.807, 2.05) is 7.05 Å². The number of piperidine rings is 1. The van der Waals surface area contributed by atoms with Gasteiger partial charge in [-0.2, -0.15) is 4.31 Å². The molecule has 0 saturated carbocycles. The first-order valence-electron chi connectivity index (χ1n) is 6.86. The van der Waals surface area contributed by atoms with Crippen LogP contribution in [0.25, 0.3) is 0 Å². The molecule has 20 heavy (non-hydrogen) atoms. The Hall–Kier alpha value is -0.620. The van der Waals surface area contributed by atoms with Crippen LogP contribution in [0, 0.1) is 12.8 Å². The summed E-state index contributed by atoms with van der Waals surface area (Å²) in [7, 11) is -1.51. The van der Waals surface area contributed by atoms with Gasteiger partial charge in [0.25, 0.3) is 0 Å². The van der Waals surface area contributed by atoms with E-state index in [9.17, 15) is 8.42 Å². The Morgan fingerprint density at radius 2 is 2.20 bits per heavy atom. The Morgan fingerprint density at radius 3 is 2.85 bits per heavy atom. The molecule has 1 N–H and O–H groups in total. The second-order valence-electron chi connectivity index (χ2n) is 5.34. The van der Waals surface area contributed by atoms with Crippen molar-refractivity contribution in [3.63, 3.8) is 0 Å². The van der Waals surface area contributed by atoms with Gasteiger partial charge in [-0.3, -0.25) is 0 Å². The van der Waals surface area contributed by atoms with E-state index in [1.54, 1.807) is 29.4 Å². The van der Waals surface area contributed by atoms with Crippen molar-refractivity contribution in [3.8, 4) is 0 Å². The fourth-order valence-electron chi connectivity index (χ4n) is 2.74. The van der Waals surface area contributed by atoms with E-state index in [2.05, 4.69) is 5.32 Å². The summed E-state index contributed by atoms with van der Waals surface area (Å²) in [5.74, 6) is 0.385. The number of sulfonamides is 1. The van der Waals surface area contributed by atoms with Gasteiger partial charge in [0, 0.05) is 18.1 Å². The molecule has 0 amide bonds. The molecule has 0 aliphatic carbocycles. The molecule has 1 heterocycles. The van der Waals surface area contributed by atoms with Crippen LogP contribution in [0.1, 0.15) is 18.4 Å². The fourth-order valence-corrected chi connectivity index (χ4v) is 4.73. The summed E-state index contributed by atoms with van der Waals surface area (Å²) in [5.41, 5.74) is 0.702. The van der Waals surface area contributed by atoms with Crippen LogP contribution < -0.4 is 5.32 Å². The van der Waals surface area contributed by atoms with Crippen molar-refractivity contribution in [2.75, 3.05) is 26.7 Å². The topological polar surface area (TPSA) is 49.4 Å². The van der Waals surface area contributed by atoms with Gasteiger partial charge < -0.3 is 5.32 Å². The van der Waals surface area contributed by atoms with Crippen molar-refractivity contribution in [1.29, 1.82) is 0 Å². The smallest absolute Gasteiger partial charge is 0.243 e. The standard InChI is InChI=1S/C14H21ClN2O2S/c1-11-8-13(15)5-6-14(11)20(18,19)17-7-3-4-12(10-17)9-16-2/h5-6,8,12,16H,3-4,7,9-10H2,1-2H3/t12-/m1/s1. The van der Waals surface area contributed by atoms with E-state index in [4.69, 9.17) is 11.6 Å².